The molecule has 6 heteroatoms. The summed E-state index contributed by atoms with van der Waals surface area (Å²) in [6.45, 7) is 4.59. The normalized spacial score (nSPS) is 10.3. The van der Waals surface area contributed by atoms with E-state index in [1.807, 2.05) is 13.8 Å². The second kappa shape index (κ2) is 6.08. The van der Waals surface area contributed by atoms with Gasteiger partial charge in [0.1, 0.15) is 5.75 Å². The van der Waals surface area contributed by atoms with Gasteiger partial charge >= 0.3 is 0 Å². The van der Waals surface area contributed by atoms with Gasteiger partial charge in [-0.25, -0.2) is 4.98 Å². The van der Waals surface area contributed by atoms with Crippen molar-refractivity contribution in [1.29, 1.82) is 0 Å². The Hall–Kier alpha value is -1.52. The van der Waals surface area contributed by atoms with E-state index in [0.29, 0.717) is 27.6 Å². The average Bonchev–Trinajstić information content (AvgIpc) is 2.32. The summed E-state index contributed by atoms with van der Waals surface area (Å²) in [5.74, 6) is 1.54. The average molecular weight is 298 g/mol. The van der Waals surface area contributed by atoms with Gasteiger partial charge in [-0.1, -0.05) is 23.2 Å². The van der Waals surface area contributed by atoms with Gasteiger partial charge in [-0.15, -0.1) is 0 Å². The number of hydrogen-bond donors (Lipinski definition) is 1. The monoisotopic (exact) mass is 297 g/mol. The highest BCUT2D eigenvalue weighted by molar-refractivity contribution is 6.34. The number of ether oxygens (including phenoxy) is 1. The standard InChI is InChI=1S/C13H13Cl2N3O/c1-3-16-13-17-7-8(2)12(18-13)19-11-5-9(14)4-10(15)6-11/h4-7H,3H2,1-2H3,(H,16,17,18). The number of aromatic nitrogens is 2. The number of rotatable bonds is 4. The molecule has 0 saturated carbocycles. The number of aryl methyl sites for hydroxylation is 1. The lowest BCUT2D eigenvalue weighted by atomic mass is 10.3. The Balaban J connectivity index is 2.28. The van der Waals surface area contributed by atoms with Gasteiger partial charge in [0.15, 0.2) is 0 Å². The quantitative estimate of drug-likeness (QED) is 0.913. The summed E-state index contributed by atoms with van der Waals surface area (Å²) in [5.41, 5.74) is 0.831. The maximum Gasteiger partial charge on any atom is 0.226 e. The van der Waals surface area contributed by atoms with Crippen molar-refractivity contribution in [1.82, 2.24) is 9.97 Å². The third-order valence-electron chi connectivity index (χ3n) is 2.31. The molecule has 2 rings (SSSR count). The number of anilines is 1. The Labute approximate surface area is 121 Å². The van der Waals surface area contributed by atoms with Gasteiger partial charge in [0, 0.05) is 28.4 Å². The van der Waals surface area contributed by atoms with Crippen LogP contribution >= 0.6 is 23.2 Å². The van der Waals surface area contributed by atoms with E-state index in [2.05, 4.69) is 15.3 Å². The molecule has 1 aromatic heterocycles. The van der Waals surface area contributed by atoms with Gasteiger partial charge in [0.05, 0.1) is 0 Å². The molecule has 4 nitrogen and oxygen atoms in total. The summed E-state index contributed by atoms with van der Waals surface area (Å²) in [4.78, 5) is 8.44. The maximum atomic E-state index is 5.93. The third-order valence-corrected chi connectivity index (χ3v) is 2.75. The van der Waals surface area contributed by atoms with E-state index in [1.54, 1.807) is 24.4 Å². The summed E-state index contributed by atoms with van der Waals surface area (Å²) < 4.78 is 5.70. The largest absolute Gasteiger partial charge is 0.438 e. The first-order valence-electron chi connectivity index (χ1n) is 5.80. The van der Waals surface area contributed by atoms with Crippen molar-refractivity contribution in [2.45, 2.75) is 13.8 Å². The molecule has 2 aromatic rings. The number of nitrogens with zero attached hydrogens (tertiary/aromatic N) is 2. The van der Waals surface area contributed by atoms with Gasteiger partial charge in [-0.2, -0.15) is 4.98 Å². The van der Waals surface area contributed by atoms with E-state index in [-0.39, 0.29) is 0 Å². The van der Waals surface area contributed by atoms with Crippen molar-refractivity contribution in [3.63, 3.8) is 0 Å². The van der Waals surface area contributed by atoms with Crippen molar-refractivity contribution in [3.05, 3.63) is 40.0 Å². The second-order valence-corrected chi connectivity index (χ2v) is 4.79. The molecule has 0 amide bonds. The number of nitrogens with one attached hydrogen (secondary N) is 1. The van der Waals surface area contributed by atoms with Gasteiger partial charge < -0.3 is 10.1 Å². The molecule has 0 fully saturated rings. The summed E-state index contributed by atoms with van der Waals surface area (Å²) in [5, 5.41) is 4.06. The van der Waals surface area contributed by atoms with E-state index in [0.717, 1.165) is 12.1 Å². The minimum absolute atomic E-state index is 0.476. The lowest BCUT2D eigenvalue weighted by Gasteiger charge is -2.09. The molecule has 0 bridgehead atoms. The van der Waals surface area contributed by atoms with Crippen LogP contribution in [0.1, 0.15) is 12.5 Å². The first-order valence-corrected chi connectivity index (χ1v) is 6.55. The highest BCUT2D eigenvalue weighted by atomic mass is 35.5. The predicted octanol–water partition coefficient (Wildman–Crippen LogP) is 4.32. The van der Waals surface area contributed by atoms with Crippen molar-refractivity contribution in [2.24, 2.45) is 0 Å². The van der Waals surface area contributed by atoms with Crippen LogP contribution in [0.2, 0.25) is 10.0 Å². The highest BCUT2D eigenvalue weighted by Crippen LogP contribution is 2.29. The molecule has 0 spiro atoms. The summed E-state index contributed by atoms with van der Waals surface area (Å²) >= 11 is 11.9. The zero-order valence-corrected chi connectivity index (χ0v) is 12.1. The van der Waals surface area contributed by atoms with Crippen molar-refractivity contribution in [2.75, 3.05) is 11.9 Å². The van der Waals surface area contributed by atoms with Crippen LogP contribution in [0.5, 0.6) is 11.6 Å². The van der Waals surface area contributed by atoms with Crippen LogP contribution in [0.3, 0.4) is 0 Å². The fraction of sp³-hybridized carbons (Fsp3) is 0.231. The lowest BCUT2D eigenvalue weighted by molar-refractivity contribution is 0.458. The van der Waals surface area contributed by atoms with Crippen molar-refractivity contribution >= 4 is 29.2 Å². The van der Waals surface area contributed by atoms with E-state index in [9.17, 15) is 0 Å². The van der Waals surface area contributed by atoms with Crippen molar-refractivity contribution in [3.8, 4) is 11.6 Å². The van der Waals surface area contributed by atoms with Crippen LogP contribution in [-0.2, 0) is 0 Å². The Morgan fingerprint density at radius 3 is 2.53 bits per heavy atom. The van der Waals surface area contributed by atoms with Gasteiger partial charge in [-0.3, -0.25) is 0 Å². The Morgan fingerprint density at radius 2 is 1.89 bits per heavy atom. The minimum Gasteiger partial charge on any atom is -0.438 e. The van der Waals surface area contributed by atoms with E-state index >= 15 is 0 Å². The summed E-state index contributed by atoms with van der Waals surface area (Å²) in [7, 11) is 0. The molecular weight excluding hydrogens is 285 g/mol. The molecule has 1 N–H and O–H groups in total. The van der Waals surface area contributed by atoms with Crippen LogP contribution < -0.4 is 10.1 Å². The van der Waals surface area contributed by atoms with Gasteiger partial charge in [-0.05, 0) is 32.0 Å². The van der Waals surface area contributed by atoms with E-state index < -0.39 is 0 Å². The molecule has 0 saturated heterocycles. The van der Waals surface area contributed by atoms with Gasteiger partial charge in [0.25, 0.3) is 0 Å². The number of benzene rings is 1. The van der Waals surface area contributed by atoms with Crippen LogP contribution in [0.15, 0.2) is 24.4 Å². The summed E-state index contributed by atoms with van der Waals surface area (Å²) in [6, 6.07) is 5.01. The minimum atomic E-state index is 0.476. The SMILES string of the molecule is CCNc1ncc(C)c(Oc2cc(Cl)cc(Cl)c2)n1. The number of hydrogen-bond acceptors (Lipinski definition) is 4. The first-order chi connectivity index (χ1) is 9.08. The molecule has 0 aliphatic heterocycles. The van der Waals surface area contributed by atoms with Crippen LogP contribution in [0.4, 0.5) is 5.95 Å². The first kappa shape index (κ1) is 13.9. The fourth-order valence-electron chi connectivity index (χ4n) is 1.47. The Bertz CT molecular complexity index is 570. The predicted molar refractivity (Wildman–Crippen MR) is 77.5 cm³/mol. The zero-order chi connectivity index (χ0) is 13.8. The second-order valence-electron chi connectivity index (χ2n) is 3.92. The molecule has 0 radical (unpaired) electrons. The molecular formula is C13H13Cl2N3O. The zero-order valence-electron chi connectivity index (χ0n) is 10.6. The smallest absolute Gasteiger partial charge is 0.226 e. The van der Waals surface area contributed by atoms with Gasteiger partial charge in [0.2, 0.25) is 11.8 Å². The molecule has 0 aliphatic rings. The summed E-state index contributed by atoms with van der Waals surface area (Å²) in [6.07, 6.45) is 1.70. The van der Waals surface area contributed by atoms with E-state index in [1.165, 1.54) is 0 Å². The topological polar surface area (TPSA) is 47.0 Å². The van der Waals surface area contributed by atoms with E-state index in [4.69, 9.17) is 27.9 Å². The van der Waals surface area contributed by atoms with Crippen LogP contribution in [0.25, 0.3) is 0 Å². The fourth-order valence-corrected chi connectivity index (χ4v) is 1.98. The molecule has 100 valence electrons. The Kier molecular flexibility index (Phi) is 4.45. The molecule has 1 heterocycles. The third kappa shape index (κ3) is 3.72. The molecule has 19 heavy (non-hydrogen) atoms. The van der Waals surface area contributed by atoms with Crippen LogP contribution in [-0.4, -0.2) is 16.5 Å². The molecule has 0 aliphatic carbocycles. The molecule has 0 atom stereocenters. The lowest BCUT2D eigenvalue weighted by Crippen LogP contribution is -2.03. The maximum absolute atomic E-state index is 5.93. The number of halogens is 2. The Morgan fingerprint density at radius 1 is 1.21 bits per heavy atom. The molecule has 0 unspecified atom stereocenters. The molecule has 1 aromatic carbocycles. The van der Waals surface area contributed by atoms with Crippen LogP contribution in [0, 0.1) is 6.92 Å². The van der Waals surface area contributed by atoms with Crippen molar-refractivity contribution < 1.29 is 4.74 Å². The highest BCUT2D eigenvalue weighted by Gasteiger charge is 2.07.